The summed E-state index contributed by atoms with van der Waals surface area (Å²) in [6.45, 7) is 0.418. The third-order valence-electron chi connectivity index (χ3n) is 4.43. The van der Waals surface area contributed by atoms with Crippen LogP contribution in [0.5, 0.6) is 11.5 Å². The summed E-state index contributed by atoms with van der Waals surface area (Å²) in [5.74, 6) is 1.09. The standard InChI is InChI=1S/C24H21N3O4S/c1-29-21-12-11-18(13-22(21)30-15-17-7-3-2-4-8-17)14-25-27-23(28)16-32-24-26-19-9-5-6-10-20(19)31-24/h2-14H,15-16H2,1H3,(H,27,28)/b25-14-. The Bertz CT molecular complexity index is 1190. The van der Waals surface area contributed by atoms with Crippen LogP contribution in [0.1, 0.15) is 11.1 Å². The van der Waals surface area contributed by atoms with E-state index in [0.29, 0.717) is 28.9 Å². The van der Waals surface area contributed by atoms with E-state index in [4.69, 9.17) is 13.9 Å². The zero-order chi connectivity index (χ0) is 22.2. The van der Waals surface area contributed by atoms with E-state index in [1.165, 1.54) is 11.8 Å². The SMILES string of the molecule is COc1ccc(/C=N\NC(=O)CSc2nc3ccccc3o2)cc1OCc1ccccc1. The average Bonchev–Trinajstić information content (AvgIpc) is 3.25. The maximum Gasteiger partial charge on any atom is 0.257 e. The molecule has 1 N–H and O–H groups in total. The molecule has 7 nitrogen and oxygen atoms in total. The first kappa shape index (κ1) is 21.5. The quantitative estimate of drug-likeness (QED) is 0.228. The summed E-state index contributed by atoms with van der Waals surface area (Å²) in [6.07, 6.45) is 1.55. The number of carbonyl (C=O) groups excluding carboxylic acids is 1. The van der Waals surface area contributed by atoms with E-state index in [1.54, 1.807) is 19.4 Å². The van der Waals surface area contributed by atoms with Crippen molar-refractivity contribution in [2.45, 2.75) is 11.8 Å². The van der Waals surface area contributed by atoms with Crippen molar-refractivity contribution >= 4 is 35.0 Å². The van der Waals surface area contributed by atoms with Gasteiger partial charge < -0.3 is 13.9 Å². The van der Waals surface area contributed by atoms with Gasteiger partial charge in [0.25, 0.3) is 11.1 Å². The van der Waals surface area contributed by atoms with Crippen molar-refractivity contribution in [3.05, 3.63) is 83.9 Å². The minimum Gasteiger partial charge on any atom is -0.493 e. The number of fused-ring (bicyclic) bond motifs is 1. The van der Waals surface area contributed by atoms with Crippen molar-refractivity contribution in [1.82, 2.24) is 10.4 Å². The second-order valence-corrected chi connectivity index (χ2v) is 7.64. The number of aromatic nitrogens is 1. The molecule has 1 aromatic heterocycles. The van der Waals surface area contributed by atoms with Gasteiger partial charge in [-0.15, -0.1) is 0 Å². The lowest BCUT2D eigenvalue weighted by Crippen LogP contribution is -2.19. The number of hydrogen-bond acceptors (Lipinski definition) is 7. The second kappa shape index (κ2) is 10.5. The number of carbonyl (C=O) groups is 1. The summed E-state index contributed by atoms with van der Waals surface area (Å²) in [7, 11) is 1.59. The van der Waals surface area contributed by atoms with E-state index in [9.17, 15) is 4.79 Å². The summed E-state index contributed by atoms with van der Waals surface area (Å²) in [6, 6.07) is 22.8. The topological polar surface area (TPSA) is 86.0 Å². The molecule has 0 unspecified atom stereocenters. The lowest BCUT2D eigenvalue weighted by Gasteiger charge is -2.11. The number of methoxy groups -OCH3 is 1. The number of nitrogens with zero attached hydrogens (tertiary/aromatic N) is 2. The van der Waals surface area contributed by atoms with Gasteiger partial charge in [0.15, 0.2) is 17.1 Å². The number of hydrogen-bond donors (Lipinski definition) is 1. The van der Waals surface area contributed by atoms with E-state index in [1.807, 2.05) is 66.7 Å². The molecule has 4 aromatic rings. The van der Waals surface area contributed by atoms with Crippen molar-refractivity contribution in [2.75, 3.05) is 12.9 Å². The van der Waals surface area contributed by atoms with Crippen LogP contribution < -0.4 is 14.9 Å². The first-order valence-corrected chi connectivity index (χ1v) is 10.8. The average molecular weight is 448 g/mol. The molecule has 0 atom stereocenters. The summed E-state index contributed by atoms with van der Waals surface area (Å²) >= 11 is 1.21. The highest BCUT2D eigenvalue weighted by atomic mass is 32.2. The fraction of sp³-hybridized carbons (Fsp3) is 0.125. The molecule has 8 heteroatoms. The van der Waals surface area contributed by atoms with Gasteiger partial charge in [0.2, 0.25) is 0 Å². The Morgan fingerprint density at radius 2 is 1.91 bits per heavy atom. The van der Waals surface area contributed by atoms with Gasteiger partial charge in [-0.05, 0) is 41.5 Å². The zero-order valence-electron chi connectivity index (χ0n) is 17.4. The fourth-order valence-corrected chi connectivity index (χ4v) is 3.50. The molecule has 0 aliphatic rings. The minimum absolute atomic E-state index is 0.137. The lowest BCUT2D eigenvalue weighted by atomic mass is 10.2. The molecule has 1 heterocycles. The van der Waals surface area contributed by atoms with Gasteiger partial charge in [-0.1, -0.05) is 54.2 Å². The van der Waals surface area contributed by atoms with Crippen molar-refractivity contribution in [2.24, 2.45) is 5.10 Å². The minimum atomic E-state index is -0.262. The van der Waals surface area contributed by atoms with Crippen LogP contribution in [0, 0.1) is 0 Å². The Morgan fingerprint density at radius 1 is 1.09 bits per heavy atom. The molecule has 0 saturated heterocycles. The number of rotatable bonds is 9. The van der Waals surface area contributed by atoms with Crippen LogP contribution in [0.2, 0.25) is 0 Å². The summed E-state index contributed by atoms with van der Waals surface area (Å²) in [5.41, 5.74) is 5.78. The van der Waals surface area contributed by atoms with Gasteiger partial charge in [-0.2, -0.15) is 5.10 Å². The summed E-state index contributed by atoms with van der Waals surface area (Å²) in [5, 5.41) is 4.47. The van der Waals surface area contributed by atoms with Gasteiger partial charge >= 0.3 is 0 Å². The molecule has 0 bridgehead atoms. The van der Waals surface area contributed by atoms with E-state index in [2.05, 4.69) is 15.5 Å². The Kier molecular flexibility index (Phi) is 7.04. The molecule has 0 spiro atoms. The summed E-state index contributed by atoms with van der Waals surface area (Å²) in [4.78, 5) is 16.4. The van der Waals surface area contributed by atoms with Gasteiger partial charge in [0.05, 0.1) is 19.1 Å². The van der Waals surface area contributed by atoms with Crippen molar-refractivity contribution in [3.8, 4) is 11.5 Å². The van der Waals surface area contributed by atoms with Crippen LogP contribution in [-0.2, 0) is 11.4 Å². The number of benzene rings is 3. The smallest absolute Gasteiger partial charge is 0.257 e. The van der Waals surface area contributed by atoms with E-state index in [0.717, 1.165) is 16.6 Å². The van der Waals surface area contributed by atoms with Gasteiger partial charge in [0, 0.05) is 0 Å². The second-order valence-electron chi connectivity index (χ2n) is 6.71. The highest BCUT2D eigenvalue weighted by Gasteiger charge is 2.09. The Labute approximate surface area is 189 Å². The molecule has 0 saturated carbocycles. The summed E-state index contributed by atoms with van der Waals surface area (Å²) < 4.78 is 16.9. The predicted molar refractivity (Wildman–Crippen MR) is 124 cm³/mol. The van der Waals surface area contributed by atoms with Gasteiger partial charge in [-0.3, -0.25) is 4.79 Å². The van der Waals surface area contributed by atoms with Gasteiger partial charge in [0.1, 0.15) is 12.1 Å². The number of ether oxygens (including phenoxy) is 2. The molecule has 1 amide bonds. The molecule has 0 fully saturated rings. The number of oxazole rings is 1. The van der Waals surface area contributed by atoms with E-state index >= 15 is 0 Å². The van der Waals surface area contributed by atoms with Crippen molar-refractivity contribution in [3.63, 3.8) is 0 Å². The number of amides is 1. The molecule has 4 rings (SSSR count). The largest absolute Gasteiger partial charge is 0.493 e. The molecule has 32 heavy (non-hydrogen) atoms. The normalized spacial score (nSPS) is 11.0. The van der Waals surface area contributed by atoms with Crippen LogP contribution in [0.25, 0.3) is 11.1 Å². The van der Waals surface area contributed by atoms with Crippen LogP contribution >= 0.6 is 11.8 Å². The first-order valence-electron chi connectivity index (χ1n) is 9.86. The molecule has 0 aliphatic heterocycles. The van der Waals surface area contributed by atoms with Crippen LogP contribution in [-0.4, -0.2) is 30.0 Å². The highest BCUT2D eigenvalue weighted by molar-refractivity contribution is 7.99. The number of hydrazone groups is 1. The number of nitrogens with one attached hydrogen (secondary N) is 1. The van der Waals surface area contributed by atoms with E-state index in [-0.39, 0.29) is 11.7 Å². The van der Waals surface area contributed by atoms with Gasteiger partial charge in [-0.25, -0.2) is 10.4 Å². The molecule has 0 radical (unpaired) electrons. The maximum absolute atomic E-state index is 12.1. The Balaban J connectivity index is 1.31. The van der Waals surface area contributed by atoms with Crippen molar-refractivity contribution in [1.29, 1.82) is 0 Å². The molecule has 3 aromatic carbocycles. The highest BCUT2D eigenvalue weighted by Crippen LogP contribution is 2.28. The Morgan fingerprint density at radius 3 is 2.72 bits per heavy atom. The predicted octanol–water partition coefficient (Wildman–Crippen LogP) is 4.66. The van der Waals surface area contributed by atoms with Crippen LogP contribution in [0.15, 0.2) is 87.5 Å². The first-order chi connectivity index (χ1) is 15.7. The molecular weight excluding hydrogens is 426 g/mol. The fourth-order valence-electron chi connectivity index (χ4n) is 2.87. The maximum atomic E-state index is 12.1. The third-order valence-corrected chi connectivity index (χ3v) is 5.26. The molecular formula is C24H21N3O4S. The Hall–Kier alpha value is -3.78. The van der Waals surface area contributed by atoms with Crippen LogP contribution in [0.4, 0.5) is 0 Å². The van der Waals surface area contributed by atoms with Crippen LogP contribution in [0.3, 0.4) is 0 Å². The van der Waals surface area contributed by atoms with Crippen molar-refractivity contribution < 1.29 is 18.7 Å². The monoisotopic (exact) mass is 447 g/mol. The number of thioether (sulfide) groups is 1. The number of para-hydroxylation sites is 2. The molecule has 162 valence electrons. The lowest BCUT2D eigenvalue weighted by molar-refractivity contribution is -0.118. The zero-order valence-corrected chi connectivity index (χ0v) is 18.2. The van der Waals surface area contributed by atoms with E-state index < -0.39 is 0 Å². The third kappa shape index (κ3) is 5.67. The molecule has 0 aliphatic carbocycles.